The Bertz CT molecular complexity index is 585. The van der Waals surface area contributed by atoms with Gasteiger partial charge in [-0.2, -0.15) is 0 Å². The second-order valence-electron chi connectivity index (χ2n) is 4.55. The first-order chi connectivity index (χ1) is 9.04. The van der Waals surface area contributed by atoms with Gasteiger partial charge in [-0.05, 0) is 49.2 Å². The maximum Gasteiger partial charge on any atom is 0.200 e. The summed E-state index contributed by atoms with van der Waals surface area (Å²) >= 11 is 3.35. The summed E-state index contributed by atoms with van der Waals surface area (Å²) in [6, 6.07) is 13.3. The van der Waals surface area contributed by atoms with Crippen molar-refractivity contribution in [2.24, 2.45) is 0 Å². The lowest BCUT2D eigenvalue weighted by Gasteiger charge is -2.08. The van der Waals surface area contributed by atoms with Crippen molar-refractivity contribution in [2.75, 3.05) is 6.61 Å². The summed E-state index contributed by atoms with van der Waals surface area (Å²) < 4.78 is 6.45. The molecule has 0 N–H and O–H groups in total. The van der Waals surface area contributed by atoms with Gasteiger partial charge in [0.1, 0.15) is 5.75 Å². The Labute approximate surface area is 121 Å². The molecule has 0 radical (unpaired) electrons. The van der Waals surface area contributed by atoms with E-state index >= 15 is 0 Å². The molecule has 3 heteroatoms. The second kappa shape index (κ2) is 6.02. The molecule has 0 spiro atoms. The topological polar surface area (TPSA) is 26.3 Å². The predicted octanol–water partition coefficient (Wildman–Crippen LogP) is 4.33. The highest BCUT2D eigenvalue weighted by Gasteiger charge is 2.07. The van der Waals surface area contributed by atoms with E-state index in [1.165, 1.54) is 0 Å². The first kappa shape index (κ1) is 13.8. The van der Waals surface area contributed by atoms with Crippen LogP contribution in [0.15, 0.2) is 46.9 Å². The van der Waals surface area contributed by atoms with E-state index in [1.54, 1.807) is 12.1 Å². The van der Waals surface area contributed by atoms with E-state index in [4.69, 9.17) is 4.74 Å². The highest BCUT2D eigenvalue weighted by atomic mass is 79.9. The Kier molecular flexibility index (Phi) is 4.38. The molecule has 0 aliphatic carbocycles. The number of aryl methyl sites for hydroxylation is 2. The van der Waals surface area contributed by atoms with Crippen LogP contribution in [0.2, 0.25) is 0 Å². The quantitative estimate of drug-likeness (QED) is 0.784. The smallest absolute Gasteiger partial charge is 0.200 e. The standard InChI is InChI=1S/C16H15BrO2/c1-11-6-12(2)8-15(7-11)19-10-16(18)13-4-3-5-14(17)9-13/h3-9H,10H2,1-2H3. The number of ketones is 1. The van der Waals surface area contributed by atoms with Crippen molar-refractivity contribution in [2.45, 2.75) is 13.8 Å². The SMILES string of the molecule is Cc1cc(C)cc(OCC(=O)c2cccc(Br)c2)c1. The number of carbonyl (C=O) groups is 1. The summed E-state index contributed by atoms with van der Waals surface area (Å²) in [6.07, 6.45) is 0. The van der Waals surface area contributed by atoms with Gasteiger partial charge in [-0.1, -0.05) is 34.1 Å². The highest BCUT2D eigenvalue weighted by molar-refractivity contribution is 9.10. The Balaban J connectivity index is 2.04. The van der Waals surface area contributed by atoms with Crippen LogP contribution in [-0.2, 0) is 0 Å². The number of hydrogen-bond acceptors (Lipinski definition) is 2. The van der Waals surface area contributed by atoms with Crippen LogP contribution in [0.3, 0.4) is 0 Å². The fourth-order valence-corrected chi connectivity index (χ4v) is 2.31. The number of ether oxygens (including phenoxy) is 1. The van der Waals surface area contributed by atoms with E-state index < -0.39 is 0 Å². The summed E-state index contributed by atoms with van der Waals surface area (Å²) in [5, 5.41) is 0. The lowest BCUT2D eigenvalue weighted by molar-refractivity contribution is 0.0921. The number of hydrogen-bond donors (Lipinski definition) is 0. The van der Waals surface area contributed by atoms with E-state index in [-0.39, 0.29) is 12.4 Å². The van der Waals surface area contributed by atoms with Crippen molar-refractivity contribution < 1.29 is 9.53 Å². The van der Waals surface area contributed by atoms with Crippen LogP contribution in [0.1, 0.15) is 21.5 Å². The van der Waals surface area contributed by atoms with E-state index in [0.29, 0.717) is 5.56 Å². The maximum atomic E-state index is 12.0. The molecule has 2 rings (SSSR count). The van der Waals surface area contributed by atoms with Gasteiger partial charge < -0.3 is 4.74 Å². The predicted molar refractivity (Wildman–Crippen MR) is 79.9 cm³/mol. The maximum absolute atomic E-state index is 12.0. The van der Waals surface area contributed by atoms with Gasteiger partial charge in [0, 0.05) is 10.0 Å². The summed E-state index contributed by atoms with van der Waals surface area (Å²) in [6.45, 7) is 4.07. The minimum Gasteiger partial charge on any atom is -0.485 e. The van der Waals surface area contributed by atoms with Crippen LogP contribution in [0.4, 0.5) is 0 Å². The third-order valence-corrected chi connectivity index (χ3v) is 3.20. The van der Waals surface area contributed by atoms with Crippen molar-refractivity contribution in [3.8, 4) is 5.75 Å². The van der Waals surface area contributed by atoms with Gasteiger partial charge in [-0.3, -0.25) is 4.79 Å². The molecule has 2 aromatic carbocycles. The fourth-order valence-electron chi connectivity index (χ4n) is 1.91. The van der Waals surface area contributed by atoms with Crippen molar-refractivity contribution >= 4 is 21.7 Å². The van der Waals surface area contributed by atoms with Crippen LogP contribution in [0, 0.1) is 13.8 Å². The van der Waals surface area contributed by atoms with Gasteiger partial charge in [0.2, 0.25) is 0 Å². The largest absolute Gasteiger partial charge is 0.485 e. The Morgan fingerprint density at radius 1 is 1.11 bits per heavy atom. The molecule has 0 amide bonds. The zero-order valence-electron chi connectivity index (χ0n) is 10.9. The monoisotopic (exact) mass is 318 g/mol. The number of rotatable bonds is 4. The molecule has 0 unspecified atom stereocenters. The van der Waals surface area contributed by atoms with Crippen LogP contribution in [0.25, 0.3) is 0 Å². The van der Waals surface area contributed by atoms with E-state index in [1.807, 2.05) is 38.1 Å². The first-order valence-electron chi connectivity index (χ1n) is 6.04. The molecule has 98 valence electrons. The van der Waals surface area contributed by atoms with Gasteiger partial charge in [-0.15, -0.1) is 0 Å². The lowest BCUT2D eigenvalue weighted by atomic mass is 10.1. The van der Waals surface area contributed by atoms with Crippen molar-refractivity contribution in [3.05, 3.63) is 63.6 Å². The molecule has 0 fully saturated rings. The average Bonchev–Trinajstić information content (AvgIpc) is 2.35. The molecule has 0 saturated carbocycles. The third kappa shape index (κ3) is 3.93. The molecule has 0 saturated heterocycles. The Hall–Kier alpha value is -1.61. The zero-order chi connectivity index (χ0) is 13.8. The highest BCUT2D eigenvalue weighted by Crippen LogP contribution is 2.17. The Morgan fingerprint density at radius 2 is 1.79 bits per heavy atom. The van der Waals surface area contributed by atoms with E-state index in [0.717, 1.165) is 21.3 Å². The summed E-state index contributed by atoms with van der Waals surface area (Å²) in [5.74, 6) is 0.710. The minimum absolute atomic E-state index is 0.0274. The van der Waals surface area contributed by atoms with Crippen LogP contribution < -0.4 is 4.74 Å². The first-order valence-corrected chi connectivity index (χ1v) is 6.84. The van der Waals surface area contributed by atoms with Crippen molar-refractivity contribution in [3.63, 3.8) is 0 Å². The summed E-state index contributed by atoms with van der Waals surface area (Å²) in [4.78, 5) is 12.0. The van der Waals surface area contributed by atoms with Gasteiger partial charge >= 0.3 is 0 Å². The number of Topliss-reactive ketones (excluding diaryl/α,β-unsaturated/α-hetero) is 1. The summed E-state index contributed by atoms with van der Waals surface area (Å²) in [5.41, 5.74) is 2.91. The molecular formula is C16H15BrO2. The zero-order valence-corrected chi connectivity index (χ0v) is 12.5. The second-order valence-corrected chi connectivity index (χ2v) is 5.46. The van der Waals surface area contributed by atoms with Crippen LogP contribution in [0.5, 0.6) is 5.75 Å². The molecule has 19 heavy (non-hydrogen) atoms. The molecule has 0 aliphatic rings. The van der Waals surface area contributed by atoms with Crippen LogP contribution >= 0.6 is 15.9 Å². The minimum atomic E-state index is -0.0274. The van der Waals surface area contributed by atoms with E-state index in [9.17, 15) is 4.79 Å². The van der Waals surface area contributed by atoms with Gasteiger partial charge in [0.25, 0.3) is 0 Å². The molecule has 0 heterocycles. The van der Waals surface area contributed by atoms with E-state index in [2.05, 4.69) is 22.0 Å². The fraction of sp³-hybridized carbons (Fsp3) is 0.188. The molecule has 0 atom stereocenters. The van der Waals surface area contributed by atoms with Gasteiger partial charge in [-0.25, -0.2) is 0 Å². The number of benzene rings is 2. The van der Waals surface area contributed by atoms with Gasteiger partial charge in [0.05, 0.1) is 0 Å². The van der Waals surface area contributed by atoms with Crippen LogP contribution in [-0.4, -0.2) is 12.4 Å². The molecule has 0 aliphatic heterocycles. The summed E-state index contributed by atoms with van der Waals surface area (Å²) in [7, 11) is 0. The molecule has 0 aromatic heterocycles. The average molecular weight is 319 g/mol. The molecule has 2 aromatic rings. The number of halogens is 1. The third-order valence-electron chi connectivity index (χ3n) is 2.71. The lowest BCUT2D eigenvalue weighted by Crippen LogP contribution is -2.11. The van der Waals surface area contributed by atoms with Crippen molar-refractivity contribution in [1.82, 2.24) is 0 Å². The van der Waals surface area contributed by atoms with Gasteiger partial charge in [0.15, 0.2) is 12.4 Å². The molecule has 0 bridgehead atoms. The van der Waals surface area contributed by atoms with Crippen molar-refractivity contribution in [1.29, 1.82) is 0 Å². The number of carbonyl (C=O) groups excluding carboxylic acids is 1. The Morgan fingerprint density at radius 3 is 2.42 bits per heavy atom. The normalized spacial score (nSPS) is 10.3. The molecule has 2 nitrogen and oxygen atoms in total. The molecular weight excluding hydrogens is 304 g/mol.